The summed E-state index contributed by atoms with van der Waals surface area (Å²) in [5, 5.41) is 6.24. The molecule has 7 heteroatoms. The molecule has 0 fully saturated rings. The maximum absolute atomic E-state index is 5.26. The topological polar surface area (TPSA) is 96.8 Å². The van der Waals surface area contributed by atoms with Gasteiger partial charge in [0.05, 0.1) is 4.47 Å². The number of rotatable bonds is 2. The molecule has 2 rings (SSSR count). The Morgan fingerprint density at radius 3 is 3.00 bits per heavy atom. The van der Waals surface area contributed by atoms with Gasteiger partial charge in [-0.05, 0) is 28.1 Å². The van der Waals surface area contributed by atoms with Crippen LogP contribution in [0.4, 0.5) is 0 Å². The molecule has 1 aliphatic rings. The Morgan fingerprint density at radius 2 is 2.25 bits per heavy atom. The molecule has 1 aromatic carbocycles. The number of guanidine groups is 1. The standard InChI is InChI=1S/C9H9BrN4O2/c10-6-1-5(3-13-14-9(11)12)2-7-8(6)16-4-15-7/h1-3H,4H2,(H4,11,12,14)/p+1/b13-3-. The molecule has 0 atom stereocenters. The van der Waals surface area contributed by atoms with Crippen molar-refractivity contribution in [3.63, 3.8) is 0 Å². The van der Waals surface area contributed by atoms with Crippen molar-refractivity contribution in [3.8, 4) is 11.5 Å². The molecule has 0 aromatic heterocycles. The molecular formula is C9H10BrN4O2+. The van der Waals surface area contributed by atoms with Crippen LogP contribution in [0.15, 0.2) is 21.7 Å². The molecule has 1 heterocycles. The summed E-state index contributed by atoms with van der Waals surface area (Å²) < 4.78 is 11.3. The maximum Gasteiger partial charge on any atom is 0.256 e. The van der Waals surface area contributed by atoms with Crippen LogP contribution in [-0.2, 0) is 0 Å². The van der Waals surface area contributed by atoms with Crippen molar-refractivity contribution in [2.45, 2.75) is 0 Å². The summed E-state index contributed by atoms with van der Waals surface area (Å²) in [5.74, 6) is 1.36. The van der Waals surface area contributed by atoms with Crippen LogP contribution in [0, 0.1) is 0 Å². The molecule has 84 valence electrons. The van der Waals surface area contributed by atoms with E-state index >= 15 is 0 Å². The number of hydrazone groups is 1. The van der Waals surface area contributed by atoms with Crippen molar-refractivity contribution < 1.29 is 14.6 Å². The highest BCUT2D eigenvalue weighted by Crippen LogP contribution is 2.39. The summed E-state index contributed by atoms with van der Waals surface area (Å²) in [7, 11) is 0. The fraction of sp³-hybridized carbons (Fsp3) is 0.111. The van der Waals surface area contributed by atoms with Gasteiger partial charge in [0.2, 0.25) is 13.0 Å². The molecule has 0 aliphatic carbocycles. The van der Waals surface area contributed by atoms with Crippen molar-refractivity contribution in [1.82, 2.24) is 0 Å². The lowest BCUT2D eigenvalue weighted by Crippen LogP contribution is -2.63. The van der Waals surface area contributed by atoms with Gasteiger partial charge in [-0.3, -0.25) is 0 Å². The highest BCUT2D eigenvalue weighted by molar-refractivity contribution is 9.10. The van der Waals surface area contributed by atoms with Crippen molar-refractivity contribution in [2.24, 2.45) is 16.6 Å². The highest BCUT2D eigenvalue weighted by atomic mass is 79.9. The number of halogens is 1. The van der Waals surface area contributed by atoms with E-state index in [1.807, 2.05) is 12.1 Å². The lowest BCUT2D eigenvalue weighted by Gasteiger charge is -1.98. The summed E-state index contributed by atoms with van der Waals surface area (Å²) in [6.07, 6.45) is 1.65. The number of hydrogen-bond donors (Lipinski definition) is 3. The second-order valence-electron chi connectivity index (χ2n) is 3.05. The fourth-order valence-electron chi connectivity index (χ4n) is 1.25. The summed E-state index contributed by atoms with van der Waals surface area (Å²) in [5.41, 5.74) is 11.2. The number of benzene rings is 1. The van der Waals surface area contributed by atoms with Crippen LogP contribution in [0.5, 0.6) is 11.5 Å². The van der Waals surface area contributed by atoms with Crippen LogP contribution >= 0.6 is 15.9 Å². The van der Waals surface area contributed by atoms with Crippen LogP contribution in [0.2, 0.25) is 0 Å². The first-order chi connectivity index (χ1) is 7.66. The van der Waals surface area contributed by atoms with Gasteiger partial charge in [0.25, 0.3) is 5.96 Å². The van der Waals surface area contributed by atoms with Gasteiger partial charge in [-0.25, -0.2) is 0 Å². The van der Waals surface area contributed by atoms with Crippen molar-refractivity contribution >= 4 is 28.1 Å². The zero-order valence-electron chi connectivity index (χ0n) is 8.24. The largest absolute Gasteiger partial charge is 0.454 e. The number of hydrogen-bond acceptors (Lipinski definition) is 3. The second kappa shape index (κ2) is 4.40. The summed E-state index contributed by atoms with van der Waals surface area (Å²) in [4.78, 5) is 0. The minimum absolute atomic E-state index is 0.0314. The number of nitrogens with zero attached hydrogens (tertiary/aromatic N) is 1. The molecule has 0 radical (unpaired) electrons. The zero-order chi connectivity index (χ0) is 11.5. The van der Waals surface area contributed by atoms with E-state index in [9.17, 15) is 0 Å². The van der Waals surface area contributed by atoms with E-state index in [1.54, 1.807) is 6.21 Å². The Morgan fingerprint density at radius 1 is 1.44 bits per heavy atom. The summed E-state index contributed by atoms with van der Waals surface area (Å²) in [6.45, 7) is 0.235. The van der Waals surface area contributed by atoms with Gasteiger partial charge in [0, 0.05) is 10.7 Å². The van der Waals surface area contributed by atoms with Gasteiger partial charge in [0.15, 0.2) is 11.5 Å². The molecule has 0 saturated heterocycles. The molecule has 1 aromatic rings. The smallest absolute Gasteiger partial charge is 0.256 e. The Kier molecular flexibility index (Phi) is 2.95. The lowest BCUT2D eigenvalue weighted by atomic mass is 10.2. The van der Waals surface area contributed by atoms with Gasteiger partial charge in [0.1, 0.15) is 0 Å². The average molecular weight is 286 g/mol. The molecule has 16 heavy (non-hydrogen) atoms. The van der Waals surface area contributed by atoms with Crippen LogP contribution in [0.3, 0.4) is 0 Å². The minimum Gasteiger partial charge on any atom is -0.454 e. The van der Waals surface area contributed by atoms with E-state index in [2.05, 4.69) is 26.1 Å². The van der Waals surface area contributed by atoms with Gasteiger partial charge < -0.3 is 20.9 Å². The molecule has 0 saturated carbocycles. The first-order valence-electron chi connectivity index (χ1n) is 4.43. The van der Waals surface area contributed by atoms with E-state index in [1.165, 1.54) is 0 Å². The third-order valence-electron chi connectivity index (χ3n) is 1.87. The zero-order valence-corrected chi connectivity index (χ0v) is 9.82. The lowest BCUT2D eigenvalue weighted by molar-refractivity contribution is -0.456. The maximum atomic E-state index is 5.26. The van der Waals surface area contributed by atoms with Crippen LogP contribution in [0.25, 0.3) is 0 Å². The molecule has 0 spiro atoms. The van der Waals surface area contributed by atoms with E-state index < -0.39 is 0 Å². The monoisotopic (exact) mass is 285 g/mol. The van der Waals surface area contributed by atoms with Gasteiger partial charge in [-0.15, -0.1) is 5.10 Å². The summed E-state index contributed by atoms with van der Waals surface area (Å²) in [6, 6.07) is 3.69. The third kappa shape index (κ3) is 2.25. The first kappa shape index (κ1) is 10.7. The van der Waals surface area contributed by atoms with Crippen LogP contribution < -0.4 is 26.0 Å². The molecular weight excluding hydrogens is 276 g/mol. The van der Waals surface area contributed by atoms with Crippen LogP contribution in [-0.4, -0.2) is 19.0 Å². The van der Waals surface area contributed by atoms with E-state index in [0.29, 0.717) is 11.5 Å². The second-order valence-corrected chi connectivity index (χ2v) is 3.90. The van der Waals surface area contributed by atoms with Gasteiger partial charge in [-0.1, -0.05) is 0 Å². The third-order valence-corrected chi connectivity index (χ3v) is 2.46. The predicted octanol–water partition coefficient (Wildman–Crippen LogP) is -1.13. The van der Waals surface area contributed by atoms with Gasteiger partial charge in [-0.2, -0.15) is 0 Å². The Hall–Kier alpha value is -1.76. The fourth-order valence-corrected chi connectivity index (χ4v) is 1.83. The highest BCUT2D eigenvalue weighted by Gasteiger charge is 2.17. The van der Waals surface area contributed by atoms with Crippen LogP contribution in [0.1, 0.15) is 5.56 Å². The van der Waals surface area contributed by atoms with Crippen molar-refractivity contribution in [2.75, 3.05) is 6.79 Å². The predicted molar refractivity (Wildman–Crippen MR) is 62.2 cm³/mol. The number of nitrogens with two attached hydrogens (primary N) is 2. The van der Waals surface area contributed by atoms with Crippen molar-refractivity contribution in [3.05, 3.63) is 22.2 Å². The minimum atomic E-state index is -0.0314. The SMILES string of the molecule is NC(N)=N/[NH+]=C\c1cc(Br)c2c(c1)OCO2. The van der Waals surface area contributed by atoms with E-state index in [4.69, 9.17) is 20.9 Å². The molecule has 5 N–H and O–H groups in total. The van der Waals surface area contributed by atoms with E-state index in [0.717, 1.165) is 10.0 Å². The molecule has 0 unspecified atom stereocenters. The normalized spacial score (nSPS) is 13.1. The number of ether oxygens (including phenoxy) is 2. The van der Waals surface area contributed by atoms with Crippen molar-refractivity contribution in [1.29, 1.82) is 0 Å². The molecule has 0 amide bonds. The molecule has 1 aliphatic heterocycles. The Labute approximate surface area is 100 Å². The number of nitrogens with one attached hydrogen (secondary N) is 1. The molecule has 0 bridgehead atoms. The average Bonchev–Trinajstić information content (AvgIpc) is 2.65. The molecule has 6 nitrogen and oxygen atoms in total. The van der Waals surface area contributed by atoms with E-state index in [-0.39, 0.29) is 12.8 Å². The quantitative estimate of drug-likeness (QED) is 0.364. The first-order valence-corrected chi connectivity index (χ1v) is 5.22. The Bertz CT molecular complexity index is 469. The summed E-state index contributed by atoms with van der Waals surface area (Å²) >= 11 is 3.38. The Balaban J connectivity index is 2.27. The van der Waals surface area contributed by atoms with Gasteiger partial charge >= 0.3 is 0 Å². The number of fused-ring (bicyclic) bond motifs is 1.